The van der Waals surface area contributed by atoms with Crippen molar-refractivity contribution < 1.29 is 4.74 Å². The minimum absolute atomic E-state index is 0.178. The van der Waals surface area contributed by atoms with Crippen LogP contribution in [0, 0.1) is 6.92 Å². The normalized spacial score (nSPS) is 18.8. The van der Waals surface area contributed by atoms with Crippen LogP contribution in [-0.4, -0.2) is 41.4 Å². The molecule has 1 fully saturated rings. The summed E-state index contributed by atoms with van der Waals surface area (Å²) in [5.41, 5.74) is 8.29. The second-order valence-electron chi connectivity index (χ2n) is 6.19. The van der Waals surface area contributed by atoms with Gasteiger partial charge < -0.3 is 10.5 Å². The molecular weight excluding hydrogens is 264 g/mol. The van der Waals surface area contributed by atoms with Gasteiger partial charge in [-0.1, -0.05) is 25.7 Å². The van der Waals surface area contributed by atoms with Crippen LogP contribution in [0.5, 0.6) is 5.88 Å². The highest BCUT2D eigenvalue weighted by molar-refractivity contribution is 5.34. The minimum Gasteiger partial charge on any atom is -0.481 e. The molecule has 1 aromatic rings. The molecule has 1 unspecified atom stereocenters. The molecule has 5 nitrogen and oxygen atoms in total. The summed E-state index contributed by atoms with van der Waals surface area (Å²) in [5, 5.41) is 4.51. The molecule has 0 spiro atoms. The summed E-state index contributed by atoms with van der Waals surface area (Å²) in [6.45, 7) is 2.64. The molecule has 0 aromatic carbocycles. The number of aromatic nitrogens is 2. The van der Waals surface area contributed by atoms with Crippen LogP contribution in [0.15, 0.2) is 0 Å². The minimum atomic E-state index is 0.178. The van der Waals surface area contributed by atoms with Gasteiger partial charge in [-0.2, -0.15) is 5.10 Å². The Kier molecular flexibility index (Phi) is 5.65. The standard InChI is InChI=1S/C16H30N4O/c1-12-15(16(21-4)20(3)18-12)14(11-17)19(2)13-9-7-5-6-8-10-13/h13-14H,5-11,17H2,1-4H3. The van der Waals surface area contributed by atoms with Crippen molar-refractivity contribution in [2.75, 3.05) is 20.7 Å². The van der Waals surface area contributed by atoms with Gasteiger partial charge in [0.1, 0.15) is 0 Å². The molecule has 5 heteroatoms. The fourth-order valence-electron chi connectivity index (χ4n) is 3.69. The number of likely N-dealkylation sites (N-methyl/N-ethyl adjacent to an activating group) is 1. The summed E-state index contributed by atoms with van der Waals surface area (Å²) in [5.74, 6) is 0.837. The van der Waals surface area contributed by atoms with Crippen molar-refractivity contribution in [1.82, 2.24) is 14.7 Å². The van der Waals surface area contributed by atoms with Crippen molar-refractivity contribution in [1.29, 1.82) is 0 Å². The number of rotatable bonds is 5. The van der Waals surface area contributed by atoms with Crippen LogP contribution >= 0.6 is 0 Å². The van der Waals surface area contributed by atoms with E-state index in [1.165, 1.54) is 38.5 Å². The molecule has 1 aliphatic rings. The number of nitrogens with two attached hydrogens (primary N) is 1. The van der Waals surface area contributed by atoms with Gasteiger partial charge in [0.2, 0.25) is 5.88 Å². The average Bonchev–Trinajstić information content (AvgIpc) is 2.67. The summed E-state index contributed by atoms with van der Waals surface area (Å²) in [6.07, 6.45) is 7.94. The number of hydrogen-bond donors (Lipinski definition) is 1. The highest BCUT2D eigenvalue weighted by Gasteiger charge is 2.29. The third-order valence-electron chi connectivity index (χ3n) is 4.86. The van der Waals surface area contributed by atoms with Crippen molar-refractivity contribution in [3.05, 3.63) is 11.3 Å². The van der Waals surface area contributed by atoms with Crippen molar-refractivity contribution in [3.8, 4) is 5.88 Å². The molecule has 1 saturated carbocycles. The molecule has 120 valence electrons. The summed E-state index contributed by atoms with van der Waals surface area (Å²) in [4.78, 5) is 2.46. The van der Waals surface area contributed by atoms with Gasteiger partial charge in [0.15, 0.2) is 0 Å². The van der Waals surface area contributed by atoms with Gasteiger partial charge in [-0.05, 0) is 26.8 Å². The largest absolute Gasteiger partial charge is 0.481 e. The van der Waals surface area contributed by atoms with E-state index < -0.39 is 0 Å². The number of aryl methyl sites for hydroxylation is 2. The Balaban J connectivity index is 2.26. The molecule has 0 aliphatic heterocycles. The average molecular weight is 294 g/mol. The van der Waals surface area contributed by atoms with Gasteiger partial charge in [0.05, 0.1) is 24.4 Å². The highest BCUT2D eigenvalue weighted by Crippen LogP contribution is 2.34. The molecule has 0 amide bonds. The predicted molar refractivity (Wildman–Crippen MR) is 85.5 cm³/mol. The van der Waals surface area contributed by atoms with E-state index >= 15 is 0 Å². The third-order valence-corrected chi connectivity index (χ3v) is 4.86. The maximum Gasteiger partial charge on any atom is 0.216 e. The zero-order chi connectivity index (χ0) is 15.4. The molecule has 1 heterocycles. The Bertz CT molecular complexity index is 449. The summed E-state index contributed by atoms with van der Waals surface area (Å²) in [7, 11) is 5.84. The van der Waals surface area contributed by atoms with Crippen molar-refractivity contribution in [2.45, 2.75) is 57.5 Å². The Morgan fingerprint density at radius 1 is 1.33 bits per heavy atom. The van der Waals surface area contributed by atoms with E-state index in [1.54, 1.807) is 7.11 Å². The molecule has 0 bridgehead atoms. The topological polar surface area (TPSA) is 56.3 Å². The van der Waals surface area contributed by atoms with Gasteiger partial charge in [0.25, 0.3) is 0 Å². The van der Waals surface area contributed by atoms with Crippen molar-refractivity contribution >= 4 is 0 Å². The first kappa shape index (κ1) is 16.3. The maximum atomic E-state index is 6.12. The molecule has 2 N–H and O–H groups in total. The SMILES string of the molecule is COc1c(C(CN)N(C)C2CCCCCC2)c(C)nn1C. The molecular formula is C16H30N4O. The van der Waals surface area contributed by atoms with Crippen LogP contribution in [0.25, 0.3) is 0 Å². The molecule has 0 saturated heterocycles. The van der Waals surface area contributed by atoms with Gasteiger partial charge in [-0.25, -0.2) is 4.68 Å². The van der Waals surface area contributed by atoms with Crippen LogP contribution in [0.3, 0.4) is 0 Å². The molecule has 2 rings (SSSR count). The monoisotopic (exact) mass is 294 g/mol. The van der Waals surface area contributed by atoms with E-state index in [4.69, 9.17) is 10.5 Å². The Morgan fingerprint density at radius 3 is 2.48 bits per heavy atom. The van der Waals surface area contributed by atoms with E-state index in [2.05, 4.69) is 17.0 Å². The van der Waals surface area contributed by atoms with E-state index in [0.29, 0.717) is 12.6 Å². The van der Waals surface area contributed by atoms with E-state index in [1.807, 2.05) is 18.7 Å². The lowest BCUT2D eigenvalue weighted by Crippen LogP contribution is -2.38. The lowest BCUT2D eigenvalue weighted by Gasteiger charge is -2.34. The lowest BCUT2D eigenvalue weighted by molar-refractivity contribution is 0.158. The fourth-order valence-corrected chi connectivity index (χ4v) is 3.69. The van der Waals surface area contributed by atoms with Gasteiger partial charge in [-0.3, -0.25) is 4.90 Å². The van der Waals surface area contributed by atoms with Gasteiger partial charge in [0, 0.05) is 19.6 Å². The highest BCUT2D eigenvalue weighted by atomic mass is 16.5. The van der Waals surface area contributed by atoms with Gasteiger partial charge >= 0.3 is 0 Å². The number of ether oxygens (including phenoxy) is 1. The van der Waals surface area contributed by atoms with Crippen LogP contribution < -0.4 is 10.5 Å². The number of methoxy groups -OCH3 is 1. The molecule has 0 radical (unpaired) electrons. The second kappa shape index (κ2) is 7.27. The fraction of sp³-hybridized carbons (Fsp3) is 0.812. The first-order valence-corrected chi connectivity index (χ1v) is 8.09. The quantitative estimate of drug-likeness (QED) is 0.847. The Hall–Kier alpha value is -1.07. The summed E-state index contributed by atoms with van der Waals surface area (Å²) < 4.78 is 7.37. The third kappa shape index (κ3) is 3.40. The Labute approximate surface area is 128 Å². The second-order valence-corrected chi connectivity index (χ2v) is 6.19. The van der Waals surface area contributed by atoms with Crippen molar-refractivity contribution in [3.63, 3.8) is 0 Å². The zero-order valence-electron chi connectivity index (χ0n) is 13.9. The van der Waals surface area contributed by atoms with Crippen LogP contribution in [0.1, 0.15) is 55.8 Å². The van der Waals surface area contributed by atoms with Crippen molar-refractivity contribution in [2.24, 2.45) is 12.8 Å². The predicted octanol–water partition coefficient (Wildman–Crippen LogP) is 2.39. The first-order valence-electron chi connectivity index (χ1n) is 8.09. The Morgan fingerprint density at radius 2 is 1.95 bits per heavy atom. The summed E-state index contributed by atoms with van der Waals surface area (Å²) in [6, 6.07) is 0.794. The van der Waals surface area contributed by atoms with E-state index in [0.717, 1.165) is 17.1 Å². The van der Waals surface area contributed by atoms with Crippen LogP contribution in [0.4, 0.5) is 0 Å². The molecule has 1 atom stereocenters. The number of hydrogen-bond acceptors (Lipinski definition) is 4. The molecule has 21 heavy (non-hydrogen) atoms. The van der Waals surface area contributed by atoms with Crippen LogP contribution in [0.2, 0.25) is 0 Å². The number of nitrogens with zero attached hydrogens (tertiary/aromatic N) is 3. The summed E-state index contributed by atoms with van der Waals surface area (Å²) >= 11 is 0. The van der Waals surface area contributed by atoms with E-state index in [-0.39, 0.29) is 6.04 Å². The molecule has 1 aliphatic carbocycles. The first-order chi connectivity index (χ1) is 10.1. The lowest BCUT2D eigenvalue weighted by atomic mass is 10.0. The maximum absolute atomic E-state index is 6.12. The molecule has 1 aromatic heterocycles. The van der Waals surface area contributed by atoms with Crippen LogP contribution in [-0.2, 0) is 7.05 Å². The smallest absolute Gasteiger partial charge is 0.216 e. The zero-order valence-corrected chi connectivity index (χ0v) is 13.9. The van der Waals surface area contributed by atoms with E-state index in [9.17, 15) is 0 Å². The van der Waals surface area contributed by atoms with Gasteiger partial charge in [-0.15, -0.1) is 0 Å².